The van der Waals surface area contributed by atoms with Crippen LogP contribution in [0.4, 0.5) is 10.5 Å². The highest BCUT2D eigenvalue weighted by Crippen LogP contribution is 2.36. The monoisotopic (exact) mass is 511 g/mol. The van der Waals surface area contributed by atoms with E-state index in [1.807, 2.05) is 62.4 Å². The van der Waals surface area contributed by atoms with Crippen molar-refractivity contribution < 1.29 is 14.5 Å². The minimum Gasteiger partial charge on any atom is -0.497 e. The van der Waals surface area contributed by atoms with Crippen LogP contribution >= 0.6 is 11.6 Å². The molecule has 1 N–H and O–H groups in total. The first-order valence-corrected chi connectivity index (χ1v) is 12.6. The molecule has 0 heterocycles. The van der Waals surface area contributed by atoms with Gasteiger partial charge in [-0.25, -0.2) is 4.79 Å². The summed E-state index contributed by atoms with van der Waals surface area (Å²) < 4.78 is 5.26. The van der Waals surface area contributed by atoms with E-state index in [-0.39, 0.29) is 11.0 Å². The highest BCUT2D eigenvalue weighted by atomic mass is 35.5. The van der Waals surface area contributed by atoms with Gasteiger partial charge in [-0.1, -0.05) is 63.6 Å². The van der Waals surface area contributed by atoms with Gasteiger partial charge in [0.15, 0.2) is 0 Å². The van der Waals surface area contributed by atoms with E-state index in [1.54, 1.807) is 12.0 Å². The Morgan fingerprint density at radius 1 is 1.14 bits per heavy atom. The number of hydrogen-bond donors (Lipinski definition) is 1. The van der Waals surface area contributed by atoms with Crippen LogP contribution in [0.5, 0.6) is 5.75 Å². The minimum atomic E-state index is -0.992. The second kappa shape index (κ2) is 12.1. The van der Waals surface area contributed by atoms with Crippen molar-refractivity contribution in [3.05, 3.63) is 92.2 Å². The molecule has 2 aromatic rings. The van der Waals surface area contributed by atoms with Gasteiger partial charge >= 0.3 is 6.03 Å². The molecule has 8 heteroatoms. The van der Waals surface area contributed by atoms with Crippen LogP contribution in [0.25, 0.3) is 0 Å². The number of halogens is 1. The fourth-order valence-electron chi connectivity index (χ4n) is 4.49. The number of methoxy groups -OCH3 is 1. The smallest absolute Gasteiger partial charge is 0.326 e. The Morgan fingerprint density at radius 3 is 2.28 bits per heavy atom. The summed E-state index contributed by atoms with van der Waals surface area (Å²) in [6.45, 7) is 8.35. The van der Waals surface area contributed by atoms with Gasteiger partial charge in [-0.3, -0.25) is 15.0 Å². The molecule has 1 aliphatic carbocycles. The van der Waals surface area contributed by atoms with Gasteiger partial charge in [-0.15, -0.1) is 0 Å². The van der Waals surface area contributed by atoms with Crippen molar-refractivity contribution in [2.45, 2.75) is 59.0 Å². The Morgan fingerprint density at radius 2 is 1.78 bits per heavy atom. The summed E-state index contributed by atoms with van der Waals surface area (Å²) in [6.07, 6.45) is 2.53. The molecule has 0 fully saturated rings. The van der Waals surface area contributed by atoms with Crippen molar-refractivity contribution in [3.63, 3.8) is 0 Å². The maximum absolute atomic E-state index is 13.8. The van der Waals surface area contributed by atoms with Crippen LogP contribution in [0.2, 0.25) is 0 Å². The highest BCUT2D eigenvalue weighted by molar-refractivity contribution is 6.32. The molecule has 192 valence electrons. The number of allylic oxidation sites excluding steroid dienone is 2. The number of hydrogen-bond acceptors (Lipinski definition) is 4. The van der Waals surface area contributed by atoms with Crippen molar-refractivity contribution in [1.29, 1.82) is 0 Å². The lowest BCUT2D eigenvalue weighted by Gasteiger charge is -2.31. The zero-order chi connectivity index (χ0) is 26.4. The zero-order valence-corrected chi connectivity index (χ0v) is 22.2. The largest absolute Gasteiger partial charge is 0.497 e. The summed E-state index contributed by atoms with van der Waals surface area (Å²) in [5.74, 6) is 0.613. The fraction of sp³-hybridized carbons (Fsp3) is 0.393. The number of amides is 2. The Hall–Kier alpha value is -3.32. The molecule has 0 radical (unpaired) electrons. The molecule has 0 spiro atoms. The number of nitrogens with one attached hydrogen (secondary N) is 1. The molecule has 2 aromatic carbocycles. The Balaban J connectivity index is 2.00. The van der Waals surface area contributed by atoms with Crippen LogP contribution < -0.4 is 15.0 Å². The first kappa shape index (κ1) is 27.3. The summed E-state index contributed by atoms with van der Waals surface area (Å²) >= 11 is 6.45. The van der Waals surface area contributed by atoms with Gasteiger partial charge in [0.25, 0.3) is 0 Å². The van der Waals surface area contributed by atoms with Crippen molar-refractivity contribution in [2.75, 3.05) is 12.0 Å². The molecule has 36 heavy (non-hydrogen) atoms. The van der Waals surface area contributed by atoms with Crippen molar-refractivity contribution in [1.82, 2.24) is 5.32 Å². The van der Waals surface area contributed by atoms with Gasteiger partial charge in [-0.05, 0) is 59.7 Å². The van der Waals surface area contributed by atoms with Crippen molar-refractivity contribution in [2.24, 2.45) is 5.92 Å². The van der Waals surface area contributed by atoms with Crippen molar-refractivity contribution >= 4 is 23.3 Å². The normalized spacial score (nSPS) is 17.6. The van der Waals surface area contributed by atoms with Gasteiger partial charge in [0.2, 0.25) is 6.04 Å². The van der Waals surface area contributed by atoms with Gasteiger partial charge in [0.05, 0.1) is 19.6 Å². The standard InChI is InChI=1S/C28H34ClN3O4/c1-6-23-25(29)16-26(32(34)35)24(7-2)27(23)30-28(33)31(17-19-8-14-22(36-5)15-9-19)21-12-10-20(11-13-21)18(3)4/h8-16,18,24,26H,6-7,17H2,1-5H3,(H,30,33). The number of carbonyl (C=O) groups is 1. The SMILES string of the molecule is CCC1=C(NC(=O)N(Cc2ccc(OC)cc2)c2ccc(C(C)C)cc2)C(CC)C([N+](=O)[O-])C=C1Cl. The predicted molar refractivity (Wildman–Crippen MR) is 144 cm³/mol. The van der Waals surface area contributed by atoms with Gasteiger partial charge in [0.1, 0.15) is 5.75 Å². The molecule has 3 rings (SSSR count). The lowest BCUT2D eigenvalue weighted by Crippen LogP contribution is -2.44. The molecule has 7 nitrogen and oxygen atoms in total. The molecule has 1 aliphatic rings. The van der Waals surface area contributed by atoms with Crippen LogP contribution in [-0.4, -0.2) is 24.1 Å². The van der Waals surface area contributed by atoms with E-state index < -0.39 is 12.0 Å². The summed E-state index contributed by atoms with van der Waals surface area (Å²) in [6, 6.07) is 14.1. The molecule has 2 atom stereocenters. The molecule has 0 bridgehead atoms. The summed E-state index contributed by atoms with van der Waals surface area (Å²) in [7, 11) is 1.61. The second-order valence-electron chi connectivity index (χ2n) is 9.16. The number of nitro groups is 1. The third kappa shape index (κ3) is 6.08. The fourth-order valence-corrected chi connectivity index (χ4v) is 4.85. The maximum Gasteiger partial charge on any atom is 0.326 e. The Labute approximate surface area is 217 Å². The third-order valence-electron chi connectivity index (χ3n) is 6.61. The lowest BCUT2D eigenvalue weighted by molar-refractivity contribution is -0.517. The maximum atomic E-state index is 13.8. The average molecular weight is 512 g/mol. The number of urea groups is 1. The second-order valence-corrected chi connectivity index (χ2v) is 9.57. The number of benzene rings is 2. The van der Waals surface area contributed by atoms with E-state index >= 15 is 0 Å². The highest BCUT2D eigenvalue weighted by Gasteiger charge is 2.38. The van der Waals surface area contributed by atoms with Crippen LogP contribution in [0.15, 0.2) is 70.9 Å². The number of carbonyl (C=O) groups excluding carboxylic acids is 1. The average Bonchev–Trinajstić information content (AvgIpc) is 2.87. The van der Waals surface area contributed by atoms with Gasteiger partial charge < -0.3 is 10.1 Å². The first-order valence-electron chi connectivity index (χ1n) is 12.3. The van der Waals surface area contributed by atoms with E-state index in [2.05, 4.69) is 19.2 Å². The van der Waals surface area contributed by atoms with E-state index in [0.29, 0.717) is 36.0 Å². The number of nitrogens with zero attached hydrogens (tertiary/aromatic N) is 2. The number of anilines is 1. The molecule has 2 unspecified atom stereocenters. The van der Waals surface area contributed by atoms with Crippen molar-refractivity contribution in [3.8, 4) is 5.75 Å². The van der Waals surface area contributed by atoms with Gasteiger partial charge in [0, 0.05) is 27.4 Å². The van der Waals surface area contributed by atoms with Crippen LogP contribution in [-0.2, 0) is 6.54 Å². The number of ether oxygens (including phenoxy) is 1. The molecular formula is C28H34ClN3O4. The first-order chi connectivity index (χ1) is 17.2. The van der Waals surface area contributed by atoms with E-state index in [4.69, 9.17) is 16.3 Å². The summed E-state index contributed by atoms with van der Waals surface area (Å²) in [4.78, 5) is 26.9. The van der Waals surface area contributed by atoms with Crippen LogP contribution in [0.1, 0.15) is 57.6 Å². The Bertz CT molecular complexity index is 1140. The van der Waals surface area contributed by atoms with Crippen LogP contribution in [0, 0.1) is 16.0 Å². The quantitative estimate of drug-likeness (QED) is 0.290. The molecule has 0 saturated heterocycles. The predicted octanol–water partition coefficient (Wildman–Crippen LogP) is 7.01. The Kier molecular flexibility index (Phi) is 9.15. The van der Waals surface area contributed by atoms with E-state index in [1.165, 1.54) is 11.6 Å². The lowest BCUT2D eigenvalue weighted by atomic mass is 9.85. The van der Waals surface area contributed by atoms with E-state index in [9.17, 15) is 14.9 Å². The minimum absolute atomic E-state index is 0.310. The number of rotatable bonds is 9. The topological polar surface area (TPSA) is 84.7 Å². The molecule has 2 amide bonds. The van der Waals surface area contributed by atoms with Crippen LogP contribution in [0.3, 0.4) is 0 Å². The summed E-state index contributed by atoms with van der Waals surface area (Å²) in [5, 5.41) is 15.1. The molecule has 0 saturated carbocycles. The molecule has 0 aromatic heterocycles. The van der Waals surface area contributed by atoms with E-state index in [0.717, 1.165) is 22.6 Å². The molecule has 0 aliphatic heterocycles. The van der Waals surface area contributed by atoms with Gasteiger partial charge in [-0.2, -0.15) is 0 Å². The third-order valence-corrected chi connectivity index (χ3v) is 6.96. The molecular weight excluding hydrogens is 478 g/mol. The zero-order valence-electron chi connectivity index (χ0n) is 21.5. The summed E-state index contributed by atoms with van der Waals surface area (Å²) in [5.41, 5.74) is 4.07.